The van der Waals surface area contributed by atoms with Crippen molar-refractivity contribution in [3.05, 3.63) is 56.6 Å². The van der Waals surface area contributed by atoms with Gasteiger partial charge in [0.2, 0.25) is 5.91 Å². The summed E-state index contributed by atoms with van der Waals surface area (Å²) < 4.78 is 2.67. The molecule has 5 nitrogen and oxygen atoms in total. The minimum atomic E-state index is -0.00868. The van der Waals surface area contributed by atoms with Crippen LogP contribution in [0.2, 0.25) is 10.0 Å². The van der Waals surface area contributed by atoms with Crippen LogP contribution < -0.4 is 0 Å². The number of carbonyl (C=O) groups is 1. The molecule has 3 rings (SSSR count). The molecular formula is C16H13BrCl2N4OS. The normalized spacial score (nSPS) is 11.0. The van der Waals surface area contributed by atoms with Crippen molar-refractivity contribution in [3.63, 3.8) is 0 Å². The van der Waals surface area contributed by atoms with Crippen molar-refractivity contribution in [1.82, 2.24) is 19.5 Å². The van der Waals surface area contributed by atoms with Crippen molar-refractivity contribution in [3.8, 4) is 0 Å². The van der Waals surface area contributed by atoms with E-state index < -0.39 is 0 Å². The van der Waals surface area contributed by atoms with E-state index in [0.717, 1.165) is 10.0 Å². The number of halogens is 3. The topological polar surface area (TPSA) is 50.5 Å². The van der Waals surface area contributed by atoms with Gasteiger partial charge in [0.1, 0.15) is 0 Å². The average Bonchev–Trinajstić information content (AvgIpc) is 2.98. The van der Waals surface area contributed by atoms with Crippen molar-refractivity contribution in [2.24, 2.45) is 0 Å². The number of rotatable bonds is 5. The molecule has 25 heavy (non-hydrogen) atoms. The Kier molecular flexibility index (Phi) is 5.89. The Morgan fingerprint density at radius 2 is 2.08 bits per heavy atom. The van der Waals surface area contributed by atoms with E-state index >= 15 is 0 Å². The molecule has 0 aliphatic rings. The van der Waals surface area contributed by atoms with Crippen LogP contribution in [0.1, 0.15) is 5.56 Å². The average molecular weight is 460 g/mol. The van der Waals surface area contributed by atoms with Crippen molar-refractivity contribution in [1.29, 1.82) is 0 Å². The van der Waals surface area contributed by atoms with Gasteiger partial charge in [-0.2, -0.15) is 0 Å². The number of amides is 1. The Morgan fingerprint density at radius 3 is 2.84 bits per heavy atom. The van der Waals surface area contributed by atoms with Crippen LogP contribution in [0.4, 0.5) is 0 Å². The van der Waals surface area contributed by atoms with E-state index in [2.05, 4.69) is 26.1 Å². The standard InChI is InChI=1S/C16H13BrCl2N4OS/c1-22(7-10-4-2-3-5-12(10)17)14(24)9-25-16-21-20-15-13(19)6-11(18)8-23(15)16/h2-6,8H,7,9H2,1H3. The van der Waals surface area contributed by atoms with Crippen molar-refractivity contribution in [2.75, 3.05) is 12.8 Å². The summed E-state index contributed by atoms with van der Waals surface area (Å²) in [6.07, 6.45) is 1.68. The third-order valence-corrected chi connectivity index (χ3v) is 5.70. The number of nitrogens with zero attached hydrogens (tertiary/aromatic N) is 4. The van der Waals surface area contributed by atoms with E-state index in [1.54, 1.807) is 28.6 Å². The molecule has 0 bridgehead atoms. The Labute approximate surface area is 167 Å². The Bertz CT molecular complexity index is 934. The summed E-state index contributed by atoms with van der Waals surface area (Å²) in [5, 5.41) is 9.59. The lowest BCUT2D eigenvalue weighted by Gasteiger charge is -2.17. The number of hydrogen-bond donors (Lipinski definition) is 0. The number of carbonyl (C=O) groups excluding carboxylic acids is 1. The first-order chi connectivity index (χ1) is 12.0. The molecular weight excluding hydrogens is 447 g/mol. The highest BCUT2D eigenvalue weighted by Crippen LogP contribution is 2.25. The van der Waals surface area contributed by atoms with Gasteiger partial charge >= 0.3 is 0 Å². The molecule has 2 heterocycles. The van der Waals surface area contributed by atoms with Gasteiger partial charge < -0.3 is 4.90 Å². The highest BCUT2D eigenvalue weighted by atomic mass is 79.9. The molecule has 0 spiro atoms. The first-order valence-corrected chi connectivity index (χ1v) is 9.79. The number of hydrogen-bond acceptors (Lipinski definition) is 4. The van der Waals surface area contributed by atoms with E-state index in [0.29, 0.717) is 27.4 Å². The summed E-state index contributed by atoms with van der Waals surface area (Å²) >= 11 is 16.9. The van der Waals surface area contributed by atoms with E-state index in [1.165, 1.54) is 11.8 Å². The highest BCUT2D eigenvalue weighted by molar-refractivity contribution is 9.10. The molecule has 0 atom stereocenters. The lowest BCUT2D eigenvalue weighted by molar-refractivity contribution is -0.127. The van der Waals surface area contributed by atoms with Crippen LogP contribution >= 0.6 is 50.9 Å². The summed E-state index contributed by atoms with van der Waals surface area (Å²) in [5.41, 5.74) is 1.57. The summed E-state index contributed by atoms with van der Waals surface area (Å²) in [5.74, 6) is 0.233. The van der Waals surface area contributed by atoms with Crippen molar-refractivity contribution in [2.45, 2.75) is 11.7 Å². The minimum Gasteiger partial charge on any atom is -0.341 e. The van der Waals surface area contributed by atoms with Crippen molar-refractivity contribution >= 4 is 62.4 Å². The summed E-state index contributed by atoms with van der Waals surface area (Å²) in [6.45, 7) is 0.527. The molecule has 1 amide bonds. The number of thioether (sulfide) groups is 1. The van der Waals surface area contributed by atoms with E-state index in [1.807, 2.05) is 24.3 Å². The summed E-state index contributed by atoms with van der Waals surface area (Å²) in [7, 11) is 1.78. The van der Waals surface area contributed by atoms with Gasteiger partial charge in [-0.3, -0.25) is 9.20 Å². The van der Waals surface area contributed by atoms with Gasteiger partial charge in [0.15, 0.2) is 10.8 Å². The van der Waals surface area contributed by atoms with Crippen LogP contribution in [0.3, 0.4) is 0 Å². The molecule has 0 radical (unpaired) electrons. The van der Waals surface area contributed by atoms with Crippen LogP contribution in [0.25, 0.3) is 5.65 Å². The zero-order chi connectivity index (χ0) is 18.0. The zero-order valence-corrected chi connectivity index (χ0v) is 17.0. The maximum absolute atomic E-state index is 12.4. The second-order valence-electron chi connectivity index (χ2n) is 5.31. The number of fused-ring (bicyclic) bond motifs is 1. The Balaban J connectivity index is 1.67. The van der Waals surface area contributed by atoms with Crippen LogP contribution in [0, 0.1) is 0 Å². The molecule has 0 fully saturated rings. The van der Waals surface area contributed by atoms with Gasteiger partial charge in [-0.15, -0.1) is 10.2 Å². The van der Waals surface area contributed by atoms with Gasteiger partial charge in [-0.25, -0.2) is 0 Å². The van der Waals surface area contributed by atoms with Crippen molar-refractivity contribution < 1.29 is 4.79 Å². The molecule has 0 saturated heterocycles. The number of aromatic nitrogens is 3. The molecule has 130 valence electrons. The van der Waals surface area contributed by atoms with E-state index in [4.69, 9.17) is 23.2 Å². The minimum absolute atomic E-state index is 0.00868. The Morgan fingerprint density at radius 1 is 1.32 bits per heavy atom. The first kappa shape index (κ1) is 18.5. The first-order valence-electron chi connectivity index (χ1n) is 7.25. The SMILES string of the molecule is CN(Cc1ccccc1Br)C(=O)CSc1nnc2c(Cl)cc(Cl)cn12. The maximum Gasteiger partial charge on any atom is 0.233 e. The smallest absolute Gasteiger partial charge is 0.233 e. The summed E-state index contributed by atoms with van der Waals surface area (Å²) in [4.78, 5) is 14.1. The van der Waals surface area contributed by atoms with E-state index in [-0.39, 0.29) is 11.7 Å². The molecule has 0 N–H and O–H groups in total. The lowest BCUT2D eigenvalue weighted by atomic mass is 10.2. The van der Waals surface area contributed by atoms with E-state index in [9.17, 15) is 4.79 Å². The zero-order valence-electron chi connectivity index (χ0n) is 13.1. The largest absolute Gasteiger partial charge is 0.341 e. The molecule has 0 aliphatic heterocycles. The molecule has 0 unspecified atom stereocenters. The van der Waals surface area contributed by atoms with Gasteiger partial charge in [0, 0.05) is 24.3 Å². The van der Waals surface area contributed by atoms with Gasteiger partial charge in [0.05, 0.1) is 15.8 Å². The maximum atomic E-state index is 12.4. The fourth-order valence-electron chi connectivity index (χ4n) is 2.21. The second kappa shape index (κ2) is 7.95. The molecule has 0 saturated carbocycles. The lowest BCUT2D eigenvalue weighted by Crippen LogP contribution is -2.28. The molecule has 3 aromatic rings. The van der Waals surface area contributed by atoms with Crippen LogP contribution in [-0.2, 0) is 11.3 Å². The fourth-order valence-corrected chi connectivity index (χ4v) is 3.98. The predicted molar refractivity (Wildman–Crippen MR) is 104 cm³/mol. The predicted octanol–water partition coefficient (Wildman–Crippen LogP) is 4.55. The summed E-state index contributed by atoms with van der Waals surface area (Å²) in [6, 6.07) is 9.44. The van der Waals surface area contributed by atoms with Crippen LogP contribution in [0.5, 0.6) is 0 Å². The molecule has 2 aromatic heterocycles. The van der Waals surface area contributed by atoms with Crippen LogP contribution in [0.15, 0.2) is 46.2 Å². The quantitative estimate of drug-likeness (QED) is 0.525. The molecule has 1 aromatic carbocycles. The molecule has 0 aliphatic carbocycles. The highest BCUT2D eigenvalue weighted by Gasteiger charge is 2.15. The van der Waals surface area contributed by atoms with Gasteiger partial charge in [-0.05, 0) is 17.7 Å². The third-order valence-electron chi connectivity index (χ3n) is 3.51. The third kappa shape index (κ3) is 4.28. The second-order valence-corrected chi connectivity index (χ2v) is 7.95. The number of benzene rings is 1. The Hall–Kier alpha value is -1.28. The monoisotopic (exact) mass is 458 g/mol. The van der Waals surface area contributed by atoms with Gasteiger partial charge in [0.25, 0.3) is 0 Å². The number of pyridine rings is 1. The van der Waals surface area contributed by atoms with Crippen LogP contribution in [-0.4, -0.2) is 38.2 Å². The molecule has 9 heteroatoms. The fraction of sp³-hybridized carbons (Fsp3) is 0.188. The van der Waals surface area contributed by atoms with Gasteiger partial charge in [-0.1, -0.05) is 69.1 Å².